The molecule has 0 atom stereocenters. The summed E-state index contributed by atoms with van der Waals surface area (Å²) in [5.74, 6) is 0.383. The molecule has 0 aliphatic carbocycles. The minimum atomic E-state index is -0.321. The van der Waals surface area contributed by atoms with Crippen LogP contribution in [0.25, 0.3) is 0 Å². The number of aliphatic imine (C=N–C) groups is 1. The Kier molecular flexibility index (Phi) is 7.22. The summed E-state index contributed by atoms with van der Waals surface area (Å²) in [5, 5.41) is 6.70. The number of nitrogens with one attached hydrogen (secondary N) is 2. The van der Waals surface area contributed by atoms with Crippen molar-refractivity contribution in [3.8, 4) is 0 Å². The van der Waals surface area contributed by atoms with Crippen LogP contribution in [-0.4, -0.2) is 39.8 Å². The number of ether oxygens (including phenoxy) is 1. The van der Waals surface area contributed by atoms with Gasteiger partial charge in [0.1, 0.15) is 5.82 Å². The summed E-state index contributed by atoms with van der Waals surface area (Å²) < 4.78 is 17.8. The molecule has 2 N–H and O–H groups in total. The van der Waals surface area contributed by atoms with Gasteiger partial charge in [-0.05, 0) is 24.1 Å². The summed E-state index contributed by atoms with van der Waals surface area (Å²) in [6, 6.07) is 4.43. The van der Waals surface area contributed by atoms with Crippen LogP contribution in [0.5, 0.6) is 0 Å². The van der Waals surface area contributed by atoms with Gasteiger partial charge in [-0.25, -0.2) is 4.39 Å². The number of halogens is 2. The second kappa shape index (κ2) is 8.72. The highest BCUT2D eigenvalue weighted by Gasteiger charge is 2.02. The second-order valence-corrected chi connectivity index (χ2v) is 4.31. The second-order valence-electron chi connectivity index (χ2n) is 3.90. The van der Waals surface area contributed by atoms with Crippen molar-refractivity contribution in [1.82, 2.24) is 10.6 Å². The van der Waals surface area contributed by atoms with Crippen LogP contribution < -0.4 is 10.6 Å². The van der Waals surface area contributed by atoms with E-state index in [1.165, 1.54) is 12.1 Å². The van der Waals surface area contributed by atoms with E-state index in [9.17, 15) is 4.39 Å². The highest BCUT2D eigenvalue weighted by Crippen LogP contribution is 2.17. The van der Waals surface area contributed by atoms with Gasteiger partial charge in [0.15, 0.2) is 5.96 Å². The topological polar surface area (TPSA) is 45.7 Å². The predicted octanol–water partition coefficient (Wildman–Crippen LogP) is 1.83. The smallest absolute Gasteiger partial charge is 0.191 e. The largest absolute Gasteiger partial charge is 0.383 e. The molecule has 0 saturated heterocycles. The van der Waals surface area contributed by atoms with Gasteiger partial charge < -0.3 is 15.4 Å². The van der Waals surface area contributed by atoms with Crippen molar-refractivity contribution in [2.24, 2.45) is 4.99 Å². The molecule has 0 saturated carbocycles. The van der Waals surface area contributed by atoms with E-state index in [2.05, 4.69) is 15.6 Å². The normalized spacial score (nSPS) is 11.5. The van der Waals surface area contributed by atoms with Gasteiger partial charge in [0.25, 0.3) is 0 Å². The standard InChI is InChI=1S/C13H19ClFN3O/c1-16-13(18-7-8-19-2)17-6-5-10-3-4-11(15)9-12(10)14/h3-4,9H,5-8H2,1-2H3,(H2,16,17,18). The molecule has 0 amide bonds. The maximum absolute atomic E-state index is 12.9. The number of rotatable bonds is 6. The molecule has 1 aromatic carbocycles. The first-order valence-corrected chi connectivity index (χ1v) is 6.42. The van der Waals surface area contributed by atoms with Gasteiger partial charge in [-0.15, -0.1) is 0 Å². The summed E-state index contributed by atoms with van der Waals surface area (Å²) in [4.78, 5) is 4.07. The Bertz CT molecular complexity index is 426. The van der Waals surface area contributed by atoms with Crippen molar-refractivity contribution in [2.45, 2.75) is 6.42 Å². The Morgan fingerprint density at radius 1 is 1.37 bits per heavy atom. The number of hydrogen-bond acceptors (Lipinski definition) is 2. The first-order valence-electron chi connectivity index (χ1n) is 6.04. The first kappa shape index (κ1) is 15.7. The highest BCUT2D eigenvalue weighted by atomic mass is 35.5. The Hall–Kier alpha value is -1.33. The Balaban J connectivity index is 2.36. The van der Waals surface area contributed by atoms with Crippen molar-refractivity contribution in [3.63, 3.8) is 0 Å². The lowest BCUT2D eigenvalue weighted by Crippen LogP contribution is -2.39. The van der Waals surface area contributed by atoms with Crippen molar-refractivity contribution in [1.29, 1.82) is 0 Å². The fraction of sp³-hybridized carbons (Fsp3) is 0.462. The number of hydrogen-bond donors (Lipinski definition) is 2. The third-order valence-corrected chi connectivity index (χ3v) is 2.88. The molecule has 0 heterocycles. The Morgan fingerprint density at radius 3 is 2.74 bits per heavy atom. The lowest BCUT2D eigenvalue weighted by molar-refractivity contribution is 0.203. The molecule has 0 aliphatic heterocycles. The molecule has 1 rings (SSSR count). The SMILES string of the molecule is CN=C(NCCOC)NCCc1ccc(F)cc1Cl. The highest BCUT2D eigenvalue weighted by molar-refractivity contribution is 6.31. The van der Waals surface area contributed by atoms with Crippen LogP contribution in [0.2, 0.25) is 5.02 Å². The molecule has 0 fully saturated rings. The van der Waals surface area contributed by atoms with Crippen molar-refractivity contribution in [3.05, 3.63) is 34.6 Å². The molecule has 0 radical (unpaired) electrons. The molecule has 0 unspecified atom stereocenters. The minimum Gasteiger partial charge on any atom is -0.383 e. The van der Waals surface area contributed by atoms with Crippen LogP contribution in [0.4, 0.5) is 4.39 Å². The zero-order chi connectivity index (χ0) is 14.1. The molecular formula is C13H19ClFN3O. The average Bonchev–Trinajstić information content (AvgIpc) is 2.39. The molecule has 1 aromatic rings. The Morgan fingerprint density at radius 2 is 2.11 bits per heavy atom. The Labute approximate surface area is 118 Å². The zero-order valence-corrected chi connectivity index (χ0v) is 11.9. The molecule has 0 spiro atoms. The van der Waals surface area contributed by atoms with E-state index in [-0.39, 0.29) is 5.82 Å². The predicted molar refractivity (Wildman–Crippen MR) is 76.4 cm³/mol. The summed E-state index contributed by atoms with van der Waals surface area (Å²) in [5.41, 5.74) is 0.905. The van der Waals surface area contributed by atoms with Crippen molar-refractivity contribution in [2.75, 3.05) is 33.9 Å². The van der Waals surface area contributed by atoms with Gasteiger partial charge >= 0.3 is 0 Å². The van der Waals surface area contributed by atoms with Crippen LogP contribution in [-0.2, 0) is 11.2 Å². The van der Waals surface area contributed by atoms with Gasteiger partial charge in [-0.3, -0.25) is 4.99 Å². The third kappa shape index (κ3) is 5.89. The number of guanidine groups is 1. The fourth-order valence-electron chi connectivity index (χ4n) is 1.53. The van der Waals surface area contributed by atoms with Crippen molar-refractivity contribution < 1.29 is 9.13 Å². The summed E-state index contributed by atoms with van der Waals surface area (Å²) in [6.45, 7) is 1.97. The van der Waals surface area contributed by atoms with Crippen LogP contribution in [0.1, 0.15) is 5.56 Å². The van der Waals surface area contributed by atoms with Crippen LogP contribution in [0.3, 0.4) is 0 Å². The number of nitrogens with zero attached hydrogens (tertiary/aromatic N) is 1. The molecule has 0 aromatic heterocycles. The summed E-state index contributed by atoms with van der Waals surface area (Å²) in [7, 11) is 3.35. The van der Waals surface area contributed by atoms with Gasteiger partial charge in [0.2, 0.25) is 0 Å². The van der Waals surface area contributed by atoms with Gasteiger partial charge in [0.05, 0.1) is 6.61 Å². The fourth-order valence-corrected chi connectivity index (χ4v) is 1.79. The summed E-state index contributed by atoms with van der Waals surface area (Å²) >= 11 is 5.95. The lowest BCUT2D eigenvalue weighted by Gasteiger charge is -2.11. The molecule has 19 heavy (non-hydrogen) atoms. The van der Waals surface area contributed by atoms with Crippen LogP contribution in [0, 0.1) is 5.82 Å². The van der Waals surface area contributed by atoms with E-state index in [1.54, 1.807) is 20.2 Å². The first-order chi connectivity index (χ1) is 9.17. The molecule has 0 bridgehead atoms. The number of methoxy groups -OCH3 is 1. The van der Waals surface area contributed by atoms with Crippen LogP contribution in [0.15, 0.2) is 23.2 Å². The van der Waals surface area contributed by atoms with Gasteiger partial charge in [-0.1, -0.05) is 17.7 Å². The van der Waals surface area contributed by atoms with Crippen molar-refractivity contribution >= 4 is 17.6 Å². The third-order valence-electron chi connectivity index (χ3n) is 2.52. The minimum absolute atomic E-state index is 0.321. The quantitative estimate of drug-likeness (QED) is 0.477. The molecule has 106 valence electrons. The van der Waals surface area contributed by atoms with E-state index in [4.69, 9.17) is 16.3 Å². The maximum Gasteiger partial charge on any atom is 0.191 e. The average molecular weight is 288 g/mol. The van der Waals surface area contributed by atoms with E-state index < -0.39 is 0 Å². The summed E-state index contributed by atoms with van der Waals surface area (Å²) in [6.07, 6.45) is 0.699. The molecule has 6 heteroatoms. The number of benzene rings is 1. The van der Waals surface area contributed by atoms with E-state index >= 15 is 0 Å². The molecule has 4 nitrogen and oxygen atoms in total. The molecular weight excluding hydrogens is 269 g/mol. The van der Waals surface area contributed by atoms with Gasteiger partial charge in [0, 0.05) is 32.3 Å². The lowest BCUT2D eigenvalue weighted by atomic mass is 10.1. The monoisotopic (exact) mass is 287 g/mol. The van der Waals surface area contributed by atoms with E-state index in [0.29, 0.717) is 37.1 Å². The van der Waals surface area contributed by atoms with Crippen LogP contribution >= 0.6 is 11.6 Å². The maximum atomic E-state index is 12.9. The van der Waals surface area contributed by atoms with E-state index in [0.717, 1.165) is 5.56 Å². The van der Waals surface area contributed by atoms with E-state index in [1.807, 2.05) is 0 Å². The zero-order valence-electron chi connectivity index (χ0n) is 11.2. The van der Waals surface area contributed by atoms with Gasteiger partial charge in [-0.2, -0.15) is 0 Å². The molecule has 0 aliphatic rings.